The van der Waals surface area contributed by atoms with Crippen LogP contribution in [0.1, 0.15) is 6.92 Å². The summed E-state index contributed by atoms with van der Waals surface area (Å²) in [7, 11) is 0. The number of esters is 1. The summed E-state index contributed by atoms with van der Waals surface area (Å²) in [6, 6.07) is 2.68. The topological polar surface area (TPSA) is 55.8 Å². The molecule has 1 rings (SSSR count). The fraction of sp³-hybridized carbons (Fsp3) is 0.222. The Morgan fingerprint density at radius 1 is 1.31 bits per heavy atom. The average molecular weight is 236 g/mol. The number of ether oxygens (including phenoxy) is 2. The van der Waals surface area contributed by atoms with E-state index in [0.29, 0.717) is 0 Å². The molecular formula is C9H7F3O4. The number of benzene rings is 1. The van der Waals surface area contributed by atoms with Crippen LogP contribution in [0.5, 0.6) is 17.2 Å². The van der Waals surface area contributed by atoms with E-state index < -0.39 is 23.8 Å². The normalized spacial score (nSPS) is 11.0. The highest BCUT2D eigenvalue weighted by atomic mass is 19.4. The molecule has 0 aliphatic heterocycles. The van der Waals surface area contributed by atoms with Gasteiger partial charge in [-0.05, 0) is 12.1 Å². The van der Waals surface area contributed by atoms with E-state index in [1.54, 1.807) is 0 Å². The summed E-state index contributed by atoms with van der Waals surface area (Å²) in [4.78, 5) is 10.6. The third-order valence-electron chi connectivity index (χ3n) is 1.41. The van der Waals surface area contributed by atoms with Crippen molar-refractivity contribution in [3.05, 3.63) is 18.2 Å². The molecule has 0 radical (unpaired) electrons. The smallest absolute Gasteiger partial charge is 0.508 e. The quantitative estimate of drug-likeness (QED) is 0.631. The summed E-state index contributed by atoms with van der Waals surface area (Å²) < 4.78 is 43.9. The average Bonchev–Trinajstić information content (AvgIpc) is 2.06. The maximum atomic E-state index is 11.9. The molecule has 1 N–H and O–H groups in total. The molecule has 0 unspecified atom stereocenters. The first-order chi connectivity index (χ1) is 7.28. The molecule has 0 aliphatic carbocycles. The molecule has 88 valence electrons. The Balaban J connectivity index is 3.02. The molecule has 0 spiro atoms. The van der Waals surface area contributed by atoms with Crippen LogP contribution in [-0.4, -0.2) is 17.4 Å². The predicted octanol–water partition coefficient (Wildman–Crippen LogP) is 2.22. The van der Waals surface area contributed by atoms with Crippen LogP contribution in [0.25, 0.3) is 0 Å². The van der Waals surface area contributed by atoms with Gasteiger partial charge in [-0.1, -0.05) is 0 Å². The summed E-state index contributed by atoms with van der Waals surface area (Å²) in [5.41, 5.74) is 0. The van der Waals surface area contributed by atoms with Crippen molar-refractivity contribution in [2.24, 2.45) is 0 Å². The van der Waals surface area contributed by atoms with E-state index in [4.69, 9.17) is 5.11 Å². The SMILES string of the molecule is CC(=O)Oc1cc(O)ccc1OC(F)(F)F. The van der Waals surface area contributed by atoms with Crippen molar-refractivity contribution < 1.29 is 32.5 Å². The lowest BCUT2D eigenvalue weighted by Gasteiger charge is -2.12. The van der Waals surface area contributed by atoms with Gasteiger partial charge >= 0.3 is 12.3 Å². The first kappa shape index (κ1) is 12.2. The lowest BCUT2D eigenvalue weighted by Crippen LogP contribution is -2.18. The number of hydrogen-bond acceptors (Lipinski definition) is 4. The Bertz CT molecular complexity index is 400. The first-order valence-electron chi connectivity index (χ1n) is 4.05. The second-order valence-corrected chi connectivity index (χ2v) is 2.77. The van der Waals surface area contributed by atoms with E-state index in [-0.39, 0.29) is 5.75 Å². The molecule has 0 bridgehead atoms. The van der Waals surface area contributed by atoms with E-state index in [1.165, 1.54) is 0 Å². The lowest BCUT2D eigenvalue weighted by molar-refractivity contribution is -0.275. The van der Waals surface area contributed by atoms with Crippen molar-refractivity contribution >= 4 is 5.97 Å². The molecule has 0 saturated heterocycles. The van der Waals surface area contributed by atoms with Gasteiger partial charge in [0.05, 0.1) is 0 Å². The lowest BCUT2D eigenvalue weighted by atomic mass is 10.3. The zero-order chi connectivity index (χ0) is 12.3. The molecule has 0 saturated carbocycles. The van der Waals surface area contributed by atoms with Crippen molar-refractivity contribution in [2.75, 3.05) is 0 Å². The minimum absolute atomic E-state index is 0.342. The number of phenolic OH excluding ortho intramolecular Hbond substituents is 1. The standard InChI is InChI=1S/C9H7F3O4/c1-5(13)15-8-4-6(14)2-3-7(8)16-9(10,11)12/h2-4,14H,1H3. The van der Waals surface area contributed by atoms with Crippen LogP contribution in [0.15, 0.2) is 18.2 Å². The van der Waals surface area contributed by atoms with Crippen molar-refractivity contribution in [3.63, 3.8) is 0 Å². The molecule has 0 aliphatic rings. The number of rotatable bonds is 2. The molecule has 0 aromatic heterocycles. The Morgan fingerprint density at radius 2 is 1.94 bits per heavy atom. The van der Waals surface area contributed by atoms with Gasteiger partial charge in [-0.3, -0.25) is 4.79 Å². The highest BCUT2D eigenvalue weighted by molar-refractivity contribution is 5.70. The summed E-state index contributed by atoms with van der Waals surface area (Å²) in [5.74, 6) is -2.35. The number of aromatic hydroxyl groups is 1. The van der Waals surface area contributed by atoms with Crippen molar-refractivity contribution in [2.45, 2.75) is 13.3 Å². The van der Waals surface area contributed by atoms with Crippen LogP contribution in [0, 0.1) is 0 Å². The highest BCUT2D eigenvalue weighted by Gasteiger charge is 2.32. The van der Waals surface area contributed by atoms with Gasteiger partial charge in [0.1, 0.15) is 5.75 Å². The Labute approximate surface area is 88.2 Å². The second kappa shape index (κ2) is 4.30. The molecule has 0 atom stereocenters. The summed E-state index contributed by atoms with van der Waals surface area (Å²) >= 11 is 0. The first-order valence-corrected chi connectivity index (χ1v) is 4.05. The molecule has 0 heterocycles. The second-order valence-electron chi connectivity index (χ2n) is 2.77. The van der Waals surface area contributed by atoms with Crippen LogP contribution < -0.4 is 9.47 Å². The third-order valence-corrected chi connectivity index (χ3v) is 1.41. The minimum atomic E-state index is -4.90. The molecule has 1 aromatic rings. The number of hydrogen-bond donors (Lipinski definition) is 1. The van der Waals surface area contributed by atoms with E-state index in [1.807, 2.05) is 0 Å². The van der Waals surface area contributed by atoms with Crippen molar-refractivity contribution in [1.82, 2.24) is 0 Å². The zero-order valence-corrected chi connectivity index (χ0v) is 8.04. The highest BCUT2D eigenvalue weighted by Crippen LogP contribution is 2.34. The number of carbonyl (C=O) groups excluding carboxylic acids is 1. The fourth-order valence-corrected chi connectivity index (χ4v) is 0.940. The van der Waals surface area contributed by atoms with Gasteiger partial charge in [0.15, 0.2) is 11.5 Å². The van der Waals surface area contributed by atoms with Gasteiger partial charge in [0, 0.05) is 13.0 Å². The minimum Gasteiger partial charge on any atom is -0.508 e. The molecule has 0 fully saturated rings. The summed E-state index contributed by atoms with van der Waals surface area (Å²) in [6.07, 6.45) is -4.90. The maximum Gasteiger partial charge on any atom is 0.573 e. The van der Waals surface area contributed by atoms with Crippen LogP contribution in [0.3, 0.4) is 0 Å². The third kappa shape index (κ3) is 3.68. The summed E-state index contributed by atoms with van der Waals surface area (Å²) in [5, 5.41) is 9.02. The monoisotopic (exact) mass is 236 g/mol. The molecule has 4 nitrogen and oxygen atoms in total. The van der Waals surface area contributed by atoms with Gasteiger partial charge in [-0.15, -0.1) is 13.2 Å². The summed E-state index contributed by atoms with van der Waals surface area (Å²) in [6.45, 7) is 1.02. The number of phenols is 1. The van der Waals surface area contributed by atoms with Crippen LogP contribution in [0.4, 0.5) is 13.2 Å². The molecule has 7 heteroatoms. The van der Waals surface area contributed by atoms with Crippen LogP contribution in [0.2, 0.25) is 0 Å². The van der Waals surface area contributed by atoms with E-state index in [9.17, 15) is 18.0 Å². The molecule has 1 aromatic carbocycles. The van der Waals surface area contributed by atoms with Gasteiger partial charge in [0.25, 0.3) is 0 Å². The van der Waals surface area contributed by atoms with E-state index in [2.05, 4.69) is 9.47 Å². The van der Waals surface area contributed by atoms with Crippen molar-refractivity contribution in [3.8, 4) is 17.2 Å². The number of carbonyl (C=O) groups is 1. The molecular weight excluding hydrogens is 229 g/mol. The van der Waals surface area contributed by atoms with Crippen LogP contribution >= 0.6 is 0 Å². The fourth-order valence-electron chi connectivity index (χ4n) is 0.940. The predicted molar refractivity (Wildman–Crippen MR) is 46.1 cm³/mol. The van der Waals surface area contributed by atoms with Gasteiger partial charge in [0.2, 0.25) is 0 Å². The molecule has 16 heavy (non-hydrogen) atoms. The Kier molecular flexibility index (Phi) is 3.26. The molecule has 0 amide bonds. The maximum absolute atomic E-state index is 11.9. The van der Waals surface area contributed by atoms with Gasteiger partial charge < -0.3 is 14.6 Å². The van der Waals surface area contributed by atoms with E-state index >= 15 is 0 Å². The number of halogens is 3. The Hall–Kier alpha value is -1.92. The van der Waals surface area contributed by atoms with E-state index in [0.717, 1.165) is 25.1 Å². The number of alkyl halides is 3. The van der Waals surface area contributed by atoms with Crippen molar-refractivity contribution in [1.29, 1.82) is 0 Å². The van der Waals surface area contributed by atoms with Gasteiger partial charge in [-0.2, -0.15) is 0 Å². The van der Waals surface area contributed by atoms with Crippen LogP contribution in [-0.2, 0) is 4.79 Å². The van der Waals surface area contributed by atoms with Gasteiger partial charge in [-0.25, -0.2) is 0 Å². The largest absolute Gasteiger partial charge is 0.573 e. The Morgan fingerprint density at radius 3 is 2.44 bits per heavy atom. The zero-order valence-electron chi connectivity index (χ0n) is 8.04.